The number of nitrogens with one attached hydrogen (secondary N) is 2. The summed E-state index contributed by atoms with van der Waals surface area (Å²) < 4.78 is 5.55. The number of carbonyl (C=O) groups is 1. The van der Waals surface area contributed by atoms with E-state index in [0.717, 1.165) is 24.5 Å². The fourth-order valence-corrected chi connectivity index (χ4v) is 1.70. The van der Waals surface area contributed by atoms with Gasteiger partial charge in [0.05, 0.1) is 6.54 Å². The van der Waals surface area contributed by atoms with Gasteiger partial charge in [0.1, 0.15) is 11.5 Å². The third kappa shape index (κ3) is 2.59. The molecule has 2 heterocycles. The van der Waals surface area contributed by atoms with Gasteiger partial charge >= 0.3 is 0 Å². The van der Waals surface area contributed by atoms with Gasteiger partial charge in [0.15, 0.2) is 0 Å². The lowest BCUT2D eigenvalue weighted by Crippen LogP contribution is -2.30. The number of carbonyl (C=O) groups excluding carboxylic acids is 1. The molecule has 1 aromatic heterocycles. The molecule has 0 bridgehead atoms. The summed E-state index contributed by atoms with van der Waals surface area (Å²) in [7, 11) is 0. The first-order valence-electron chi connectivity index (χ1n) is 5.35. The molecule has 0 radical (unpaired) electrons. The van der Waals surface area contributed by atoms with Gasteiger partial charge < -0.3 is 15.1 Å². The van der Waals surface area contributed by atoms with Gasteiger partial charge in [-0.25, -0.2) is 0 Å². The fourth-order valence-electron chi connectivity index (χ4n) is 1.70. The Kier molecular flexibility index (Phi) is 3.06. The van der Waals surface area contributed by atoms with Crippen LogP contribution in [0.25, 0.3) is 0 Å². The summed E-state index contributed by atoms with van der Waals surface area (Å²) in [5, 5.41) is 6.08. The maximum Gasteiger partial charge on any atom is 0.221 e. The average molecular weight is 208 g/mol. The molecule has 0 saturated carbocycles. The van der Waals surface area contributed by atoms with Gasteiger partial charge in [-0.2, -0.15) is 0 Å². The van der Waals surface area contributed by atoms with E-state index in [-0.39, 0.29) is 11.9 Å². The van der Waals surface area contributed by atoms with Gasteiger partial charge in [0.25, 0.3) is 0 Å². The lowest BCUT2D eigenvalue weighted by Gasteiger charge is -2.07. The Morgan fingerprint density at radius 3 is 2.93 bits per heavy atom. The molecule has 15 heavy (non-hydrogen) atoms. The highest BCUT2D eigenvalue weighted by molar-refractivity contribution is 5.78. The van der Waals surface area contributed by atoms with E-state index in [0.29, 0.717) is 13.0 Å². The first-order chi connectivity index (χ1) is 7.28. The van der Waals surface area contributed by atoms with Crippen LogP contribution in [0.15, 0.2) is 16.5 Å². The number of amides is 1. The Morgan fingerprint density at radius 1 is 1.53 bits per heavy atom. The topological polar surface area (TPSA) is 54.3 Å². The van der Waals surface area contributed by atoms with Crippen LogP contribution in [0.1, 0.15) is 24.9 Å². The minimum Gasteiger partial charge on any atom is -0.465 e. The van der Waals surface area contributed by atoms with Crippen molar-refractivity contribution in [3.63, 3.8) is 0 Å². The molecule has 0 aliphatic carbocycles. The molecular formula is C11H16N2O2. The van der Waals surface area contributed by atoms with Crippen molar-refractivity contribution in [3.8, 4) is 0 Å². The molecule has 0 aromatic carbocycles. The van der Waals surface area contributed by atoms with Crippen molar-refractivity contribution >= 4 is 5.91 Å². The molecule has 1 aliphatic heterocycles. The second kappa shape index (κ2) is 4.49. The van der Waals surface area contributed by atoms with E-state index in [2.05, 4.69) is 17.6 Å². The minimum absolute atomic E-state index is 0.126. The Hall–Kier alpha value is -1.29. The average Bonchev–Trinajstić information content (AvgIpc) is 2.83. The van der Waals surface area contributed by atoms with Crippen LogP contribution >= 0.6 is 0 Å². The van der Waals surface area contributed by atoms with Crippen LogP contribution < -0.4 is 10.6 Å². The largest absolute Gasteiger partial charge is 0.465 e. The van der Waals surface area contributed by atoms with Crippen LogP contribution in [-0.2, 0) is 17.8 Å². The van der Waals surface area contributed by atoms with Gasteiger partial charge in [-0.05, 0) is 12.1 Å². The maximum absolute atomic E-state index is 10.9. The maximum atomic E-state index is 10.9. The summed E-state index contributed by atoms with van der Waals surface area (Å²) in [6.45, 7) is 3.48. The molecule has 2 rings (SSSR count). The smallest absolute Gasteiger partial charge is 0.221 e. The summed E-state index contributed by atoms with van der Waals surface area (Å²) in [6, 6.07) is 4.22. The Morgan fingerprint density at radius 2 is 2.33 bits per heavy atom. The summed E-state index contributed by atoms with van der Waals surface area (Å²) in [5.41, 5.74) is 0. The van der Waals surface area contributed by atoms with Crippen LogP contribution in [0, 0.1) is 0 Å². The quantitative estimate of drug-likeness (QED) is 0.770. The second-order valence-corrected chi connectivity index (χ2v) is 3.81. The number of hydrogen-bond donors (Lipinski definition) is 2. The molecule has 0 spiro atoms. The Labute approximate surface area is 89.0 Å². The Balaban J connectivity index is 1.80. The third-order valence-electron chi connectivity index (χ3n) is 2.61. The normalized spacial score (nSPS) is 20.6. The van der Waals surface area contributed by atoms with E-state index in [9.17, 15) is 4.79 Å². The van der Waals surface area contributed by atoms with E-state index >= 15 is 0 Å². The van der Waals surface area contributed by atoms with E-state index < -0.39 is 0 Å². The van der Waals surface area contributed by atoms with Gasteiger partial charge in [-0.15, -0.1) is 0 Å². The molecule has 4 nitrogen and oxygen atoms in total. The van der Waals surface area contributed by atoms with Crippen LogP contribution in [0.3, 0.4) is 0 Å². The second-order valence-electron chi connectivity index (χ2n) is 3.81. The lowest BCUT2D eigenvalue weighted by atomic mass is 10.2. The highest BCUT2D eigenvalue weighted by atomic mass is 16.3. The molecule has 2 N–H and O–H groups in total. The van der Waals surface area contributed by atoms with Crippen molar-refractivity contribution in [1.82, 2.24) is 10.6 Å². The highest BCUT2D eigenvalue weighted by Gasteiger charge is 2.20. The molecule has 1 unspecified atom stereocenters. The van der Waals surface area contributed by atoms with E-state index in [1.54, 1.807) is 0 Å². The predicted octanol–water partition coefficient (Wildman–Crippen LogP) is 0.820. The van der Waals surface area contributed by atoms with Crippen LogP contribution in [0.4, 0.5) is 0 Å². The monoisotopic (exact) mass is 208 g/mol. The number of hydrogen-bond acceptors (Lipinski definition) is 3. The number of aryl methyl sites for hydroxylation is 1. The lowest BCUT2D eigenvalue weighted by molar-refractivity contribution is -0.119. The van der Waals surface area contributed by atoms with E-state index in [1.807, 2.05) is 12.1 Å². The van der Waals surface area contributed by atoms with Crippen molar-refractivity contribution in [3.05, 3.63) is 23.7 Å². The van der Waals surface area contributed by atoms with E-state index in [4.69, 9.17) is 4.42 Å². The molecule has 1 atom stereocenters. The van der Waals surface area contributed by atoms with Crippen molar-refractivity contribution in [2.45, 2.75) is 32.4 Å². The third-order valence-corrected chi connectivity index (χ3v) is 2.61. The first kappa shape index (κ1) is 10.2. The van der Waals surface area contributed by atoms with Crippen molar-refractivity contribution in [2.24, 2.45) is 0 Å². The molecular weight excluding hydrogens is 192 g/mol. The van der Waals surface area contributed by atoms with Crippen LogP contribution in [-0.4, -0.2) is 18.5 Å². The van der Waals surface area contributed by atoms with E-state index in [1.165, 1.54) is 0 Å². The molecule has 82 valence electrons. The number of rotatable bonds is 4. The summed E-state index contributed by atoms with van der Waals surface area (Å²) in [6.07, 6.45) is 1.49. The summed E-state index contributed by atoms with van der Waals surface area (Å²) in [4.78, 5) is 10.9. The fraction of sp³-hybridized carbons (Fsp3) is 0.545. The molecule has 1 aliphatic rings. The zero-order chi connectivity index (χ0) is 10.7. The zero-order valence-corrected chi connectivity index (χ0v) is 8.88. The van der Waals surface area contributed by atoms with Crippen molar-refractivity contribution < 1.29 is 9.21 Å². The van der Waals surface area contributed by atoms with Gasteiger partial charge in [-0.3, -0.25) is 4.79 Å². The van der Waals surface area contributed by atoms with Gasteiger partial charge in [0.2, 0.25) is 5.91 Å². The molecule has 1 saturated heterocycles. The first-order valence-corrected chi connectivity index (χ1v) is 5.35. The standard InChI is InChI=1S/C11H16N2O2/c1-2-9-3-4-10(15-9)7-12-8-5-11(14)13-6-8/h3-4,8,12H,2,5-7H2,1H3,(H,13,14). The molecule has 1 amide bonds. The van der Waals surface area contributed by atoms with Crippen LogP contribution in [0.5, 0.6) is 0 Å². The van der Waals surface area contributed by atoms with Crippen molar-refractivity contribution in [1.29, 1.82) is 0 Å². The molecule has 4 heteroatoms. The molecule has 1 aromatic rings. The summed E-state index contributed by atoms with van der Waals surface area (Å²) >= 11 is 0. The molecule has 1 fully saturated rings. The number of furan rings is 1. The van der Waals surface area contributed by atoms with Crippen LogP contribution in [0.2, 0.25) is 0 Å². The summed E-state index contributed by atoms with van der Waals surface area (Å²) in [5.74, 6) is 2.07. The SMILES string of the molecule is CCc1ccc(CNC2CNC(=O)C2)o1. The minimum atomic E-state index is 0.126. The Bertz CT molecular complexity index is 346. The van der Waals surface area contributed by atoms with Gasteiger partial charge in [-0.1, -0.05) is 6.92 Å². The zero-order valence-electron chi connectivity index (χ0n) is 8.88. The highest BCUT2D eigenvalue weighted by Crippen LogP contribution is 2.09. The van der Waals surface area contributed by atoms with Gasteiger partial charge in [0, 0.05) is 25.4 Å². The van der Waals surface area contributed by atoms with Crippen molar-refractivity contribution in [2.75, 3.05) is 6.54 Å². The predicted molar refractivity (Wildman–Crippen MR) is 56.3 cm³/mol.